The highest BCUT2D eigenvalue weighted by atomic mass is 19.1. The molecule has 0 radical (unpaired) electrons. The Morgan fingerprint density at radius 1 is 1.50 bits per heavy atom. The Bertz CT molecular complexity index is 384. The number of halogens is 2. The topological polar surface area (TPSA) is 67.1 Å². The second-order valence-corrected chi connectivity index (χ2v) is 3.29. The molecule has 0 aliphatic heterocycles. The highest BCUT2D eigenvalue weighted by Crippen LogP contribution is 2.11. The van der Waals surface area contributed by atoms with Gasteiger partial charge in [-0.05, 0) is 18.1 Å². The van der Waals surface area contributed by atoms with E-state index in [4.69, 9.17) is 5.73 Å². The zero-order valence-electron chi connectivity index (χ0n) is 8.76. The smallest absolute Gasteiger partial charge is 0.251 e. The molecule has 88 valence electrons. The molecule has 4 nitrogen and oxygen atoms in total. The van der Waals surface area contributed by atoms with Crippen LogP contribution in [0.3, 0.4) is 0 Å². The van der Waals surface area contributed by atoms with Crippen LogP contribution in [0.1, 0.15) is 5.56 Å². The first kappa shape index (κ1) is 12.5. The van der Waals surface area contributed by atoms with Crippen molar-refractivity contribution < 1.29 is 13.6 Å². The van der Waals surface area contributed by atoms with E-state index in [0.717, 1.165) is 12.1 Å². The molecule has 16 heavy (non-hydrogen) atoms. The van der Waals surface area contributed by atoms with Crippen LogP contribution in [0.5, 0.6) is 0 Å². The van der Waals surface area contributed by atoms with Gasteiger partial charge in [0.1, 0.15) is 11.6 Å². The number of amides is 1. The average Bonchev–Trinajstić information content (AvgIpc) is 2.22. The molecule has 0 fully saturated rings. The van der Waals surface area contributed by atoms with Gasteiger partial charge in [-0.15, -0.1) is 0 Å². The standard InChI is InChI=1S/C10H13F2N3O/c1-14-15-10(16)9(13)4-6-2-3-7(11)5-8(6)12/h2-3,5,9,14H,4,13H2,1H3,(H,15,16). The van der Waals surface area contributed by atoms with Crippen LogP contribution in [0, 0.1) is 11.6 Å². The summed E-state index contributed by atoms with van der Waals surface area (Å²) in [7, 11) is 1.52. The van der Waals surface area contributed by atoms with E-state index in [9.17, 15) is 13.6 Å². The maximum absolute atomic E-state index is 13.2. The number of carbonyl (C=O) groups is 1. The number of hydrazine groups is 1. The molecule has 0 bridgehead atoms. The molecule has 1 aromatic carbocycles. The average molecular weight is 229 g/mol. The van der Waals surface area contributed by atoms with Crippen LogP contribution in [0.2, 0.25) is 0 Å². The molecule has 0 spiro atoms. The summed E-state index contributed by atoms with van der Waals surface area (Å²) in [6, 6.07) is 2.28. The van der Waals surface area contributed by atoms with Gasteiger partial charge in [-0.3, -0.25) is 10.2 Å². The van der Waals surface area contributed by atoms with Gasteiger partial charge in [0.05, 0.1) is 6.04 Å². The maximum Gasteiger partial charge on any atom is 0.251 e. The fourth-order valence-electron chi connectivity index (χ4n) is 1.23. The number of rotatable bonds is 4. The van der Waals surface area contributed by atoms with Gasteiger partial charge in [-0.25, -0.2) is 14.2 Å². The predicted octanol–water partition coefficient (Wildman–Crippen LogP) is 0.0852. The van der Waals surface area contributed by atoms with Crippen LogP contribution >= 0.6 is 0 Å². The Balaban J connectivity index is 2.69. The first-order valence-electron chi connectivity index (χ1n) is 4.70. The first-order valence-corrected chi connectivity index (χ1v) is 4.70. The van der Waals surface area contributed by atoms with Crippen molar-refractivity contribution >= 4 is 5.91 Å². The molecule has 4 N–H and O–H groups in total. The summed E-state index contributed by atoms with van der Waals surface area (Å²) in [5, 5.41) is 0. The largest absolute Gasteiger partial charge is 0.320 e. The predicted molar refractivity (Wildman–Crippen MR) is 55.2 cm³/mol. The fourth-order valence-corrected chi connectivity index (χ4v) is 1.23. The lowest BCUT2D eigenvalue weighted by Gasteiger charge is -2.11. The second kappa shape index (κ2) is 5.53. The van der Waals surface area contributed by atoms with Crippen molar-refractivity contribution in [3.05, 3.63) is 35.4 Å². The maximum atomic E-state index is 13.2. The highest BCUT2D eigenvalue weighted by Gasteiger charge is 2.15. The van der Waals surface area contributed by atoms with Crippen LogP contribution in [-0.2, 0) is 11.2 Å². The molecule has 0 aliphatic carbocycles. The van der Waals surface area contributed by atoms with Crippen molar-refractivity contribution in [3.8, 4) is 0 Å². The first-order chi connectivity index (χ1) is 7.54. The molecule has 0 heterocycles. The molecule has 0 saturated carbocycles. The molecular weight excluding hydrogens is 216 g/mol. The van der Waals surface area contributed by atoms with Gasteiger partial charge in [-0.1, -0.05) is 6.07 Å². The molecule has 1 aromatic rings. The van der Waals surface area contributed by atoms with Crippen molar-refractivity contribution in [3.63, 3.8) is 0 Å². The third kappa shape index (κ3) is 3.25. The molecule has 1 rings (SSSR count). The van der Waals surface area contributed by atoms with E-state index in [-0.39, 0.29) is 12.0 Å². The summed E-state index contributed by atoms with van der Waals surface area (Å²) < 4.78 is 25.8. The van der Waals surface area contributed by atoms with Crippen LogP contribution in [0.4, 0.5) is 8.78 Å². The van der Waals surface area contributed by atoms with Crippen LogP contribution in [-0.4, -0.2) is 19.0 Å². The minimum atomic E-state index is -0.882. The Morgan fingerprint density at radius 3 is 2.75 bits per heavy atom. The molecule has 1 unspecified atom stereocenters. The van der Waals surface area contributed by atoms with Crippen molar-refractivity contribution in [2.45, 2.75) is 12.5 Å². The molecule has 0 aliphatic rings. The van der Waals surface area contributed by atoms with Crippen LogP contribution < -0.4 is 16.6 Å². The lowest BCUT2D eigenvalue weighted by Crippen LogP contribution is -2.46. The zero-order chi connectivity index (χ0) is 12.1. The summed E-state index contributed by atoms with van der Waals surface area (Å²) >= 11 is 0. The van der Waals surface area contributed by atoms with Crippen molar-refractivity contribution in [1.82, 2.24) is 10.9 Å². The van der Waals surface area contributed by atoms with Crippen molar-refractivity contribution in [1.29, 1.82) is 0 Å². The molecule has 6 heteroatoms. The number of hydrogen-bond donors (Lipinski definition) is 3. The van der Waals surface area contributed by atoms with E-state index in [1.165, 1.54) is 13.1 Å². The van der Waals surface area contributed by atoms with Gasteiger partial charge >= 0.3 is 0 Å². The van der Waals surface area contributed by atoms with E-state index in [1.807, 2.05) is 0 Å². The van der Waals surface area contributed by atoms with E-state index in [0.29, 0.717) is 0 Å². The number of hydrogen-bond acceptors (Lipinski definition) is 3. The number of benzene rings is 1. The second-order valence-electron chi connectivity index (χ2n) is 3.29. The molecule has 1 atom stereocenters. The van der Waals surface area contributed by atoms with E-state index in [2.05, 4.69) is 10.9 Å². The summed E-state index contributed by atoms with van der Waals surface area (Å²) in [4.78, 5) is 11.2. The van der Waals surface area contributed by atoms with Crippen molar-refractivity contribution in [2.75, 3.05) is 7.05 Å². The molecule has 0 aromatic heterocycles. The monoisotopic (exact) mass is 229 g/mol. The van der Waals surface area contributed by atoms with Gasteiger partial charge in [-0.2, -0.15) is 0 Å². The van der Waals surface area contributed by atoms with Gasteiger partial charge < -0.3 is 5.73 Å². The Labute approximate surface area is 91.8 Å². The zero-order valence-corrected chi connectivity index (χ0v) is 8.76. The summed E-state index contributed by atoms with van der Waals surface area (Å²) in [6.07, 6.45) is 0.0135. The minimum Gasteiger partial charge on any atom is -0.320 e. The Kier molecular flexibility index (Phi) is 4.33. The van der Waals surface area contributed by atoms with Gasteiger partial charge in [0.25, 0.3) is 5.91 Å². The summed E-state index contributed by atoms with van der Waals surface area (Å²) in [5.41, 5.74) is 10.4. The third-order valence-electron chi connectivity index (χ3n) is 2.04. The van der Waals surface area contributed by atoms with E-state index in [1.54, 1.807) is 0 Å². The quantitative estimate of drug-likeness (QED) is 0.641. The highest BCUT2D eigenvalue weighted by molar-refractivity contribution is 5.81. The van der Waals surface area contributed by atoms with Crippen molar-refractivity contribution in [2.24, 2.45) is 5.73 Å². The SMILES string of the molecule is CNNC(=O)C(N)Cc1ccc(F)cc1F. The summed E-state index contributed by atoms with van der Waals surface area (Å²) in [6.45, 7) is 0. The van der Waals surface area contributed by atoms with Gasteiger partial charge in [0.2, 0.25) is 0 Å². The molecule has 1 amide bonds. The lowest BCUT2D eigenvalue weighted by atomic mass is 10.1. The Morgan fingerprint density at radius 2 is 2.19 bits per heavy atom. The Hall–Kier alpha value is -1.53. The third-order valence-corrected chi connectivity index (χ3v) is 2.04. The van der Waals surface area contributed by atoms with E-state index >= 15 is 0 Å². The van der Waals surface area contributed by atoms with E-state index < -0.39 is 23.6 Å². The van der Waals surface area contributed by atoms with Gasteiger partial charge in [0, 0.05) is 13.1 Å². The normalized spacial score (nSPS) is 12.2. The summed E-state index contributed by atoms with van der Waals surface area (Å²) in [5.74, 6) is -1.81. The molecular formula is C10H13F2N3O. The lowest BCUT2D eigenvalue weighted by molar-refractivity contribution is -0.123. The van der Waals surface area contributed by atoms with Crippen LogP contribution in [0.25, 0.3) is 0 Å². The minimum absolute atomic E-state index is 0.0135. The number of nitrogens with one attached hydrogen (secondary N) is 2. The number of carbonyl (C=O) groups excluding carboxylic acids is 1. The number of nitrogens with two attached hydrogens (primary N) is 1. The molecule has 0 saturated heterocycles. The van der Waals surface area contributed by atoms with Crippen LogP contribution in [0.15, 0.2) is 18.2 Å². The fraction of sp³-hybridized carbons (Fsp3) is 0.300. The van der Waals surface area contributed by atoms with Gasteiger partial charge in [0.15, 0.2) is 0 Å².